The number of aromatic nitrogens is 1. The highest BCUT2D eigenvalue weighted by molar-refractivity contribution is 9.10. The summed E-state index contributed by atoms with van der Waals surface area (Å²) in [7, 11) is 0. The molecule has 0 aliphatic heterocycles. The lowest BCUT2D eigenvalue weighted by Gasteiger charge is -2.29. The van der Waals surface area contributed by atoms with Gasteiger partial charge in [-0.3, -0.25) is 4.98 Å². The highest BCUT2D eigenvalue weighted by Crippen LogP contribution is 2.39. The van der Waals surface area contributed by atoms with Crippen LogP contribution in [0, 0.1) is 0 Å². The Kier molecular flexibility index (Phi) is 3.67. The van der Waals surface area contributed by atoms with Gasteiger partial charge in [0.25, 0.3) is 0 Å². The average molecular weight is 317 g/mol. The summed E-state index contributed by atoms with van der Waals surface area (Å²) in [5.74, 6) is 0.323. The van der Waals surface area contributed by atoms with E-state index in [2.05, 4.69) is 39.1 Å². The second kappa shape index (κ2) is 5.43. The number of rotatable bonds is 2. The van der Waals surface area contributed by atoms with Crippen molar-refractivity contribution in [3.05, 3.63) is 63.9 Å². The van der Waals surface area contributed by atoms with Crippen LogP contribution in [0.1, 0.15) is 41.6 Å². The Morgan fingerprint density at radius 2 is 2.05 bits per heavy atom. The van der Waals surface area contributed by atoms with Gasteiger partial charge in [-0.2, -0.15) is 0 Å². The zero-order chi connectivity index (χ0) is 13.2. The molecule has 1 aliphatic rings. The second-order valence-electron chi connectivity index (χ2n) is 5.09. The Hall–Kier alpha value is -1.19. The van der Waals surface area contributed by atoms with E-state index in [4.69, 9.17) is 5.73 Å². The van der Waals surface area contributed by atoms with Crippen molar-refractivity contribution in [1.29, 1.82) is 0 Å². The lowest BCUT2D eigenvalue weighted by molar-refractivity contribution is 0.462. The minimum atomic E-state index is 0.00419. The van der Waals surface area contributed by atoms with Crippen LogP contribution in [0.15, 0.2) is 47.1 Å². The van der Waals surface area contributed by atoms with Gasteiger partial charge in [0.1, 0.15) is 0 Å². The fourth-order valence-electron chi connectivity index (χ4n) is 2.96. The van der Waals surface area contributed by atoms with Gasteiger partial charge in [-0.1, -0.05) is 40.2 Å². The largest absolute Gasteiger partial charge is 0.323 e. The molecular weight excluding hydrogens is 300 g/mol. The predicted octanol–water partition coefficient (Wildman–Crippen LogP) is 3.96. The molecule has 0 radical (unpaired) electrons. The monoisotopic (exact) mass is 316 g/mol. The molecule has 3 rings (SSSR count). The summed E-state index contributed by atoms with van der Waals surface area (Å²) in [6, 6.07) is 12.4. The lowest BCUT2D eigenvalue weighted by Crippen LogP contribution is -2.24. The lowest BCUT2D eigenvalue weighted by atomic mass is 9.80. The van der Waals surface area contributed by atoms with Crippen LogP contribution in [0.3, 0.4) is 0 Å². The van der Waals surface area contributed by atoms with Crippen LogP contribution in [0.5, 0.6) is 0 Å². The van der Waals surface area contributed by atoms with Gasteiger partial charge in [-0.25, -0.2) is 0 Å². The quantitative estimate of drug-likeness (QED) is 0.910. The normalized spacial score (nSPS) is 19.8. The van der Waals surface area contributed by atoms with Gasteiger partial charge in [0.15, 0.2) is 0 Å². The molecule has 0 spiro atoms. The molecular formula is C16H17BrN2. The average Bonchev–Trinajstić information content (AvgIpc) is 2.46. The van der Waals surface area contributed by atoms with E-state index in [1.54, 1.807) is 0 Å². The molecule has 2 nitrogen and oxygen atoms in total. The van der Waals surface area contributed by atoms with Crippen LogP contribution in [0.25, 0.3) is 0 Å². The minimum absolute atomic E-state index is 0.00419. The molecule has 3 heteroatoms. The van der Waals surface area contributed by atoms with Crippen LogP contribution >= 0.6 is 15.9 Å². The number of fused-ring (bicyclic) bond motifs is 1. The van der Waals surface area contributed by atoms with Crippen molar-refractivity contribution in [2.24, 2.45) is 5.73 Å². The molecule has 98 valence electrons. The van der Waals surface area contributed by atoms with E-state index in [0.717, 1.165) is 17.3 Å². The molecule has 1 aliphatic carbocycles. The molecule has 2 N–H and O–H groups in total. The fraction of sp³-hybridized carbons (Fsp3) is 0.312. The summed E-state index contributed by atoms with van der Waals surface area (Å²) in [4.78, 5) is 4.58. The van der Waals surface area contributed by atoms with Crippen molar-refractivity contribution >= 4 is 15.9 Å². The zero-order valence-corrected chi connectivity index (χ0v) is 12.3. The first-order valence-corrected chi connectivity index (χ1v) is 7.50. The van der Waals surface area contributed by atoms with Crippen LogP contribution in [0.2, 0.25) is 0 Å². The van der Waals surface area contributed by atoms with Gasteiger partial charge in [-0.05, 0) is 42.5 Å². The van der Waals surface area contributed by atoms with E-state index < -0.39 is 0 Å². The van der Waals surface area contributed by atoms with Crippen LogP contribution in [-0.4, -0.2) is 4.98 Å². The van der Waals surface area contributed by atoms with E-state index in [1.165, 1.54) is 23.2 Å². The molecule has 1 aromatic carbocycles. The number of aryl methyl sites for hydroxylation is 1. The maximum atomic E-state index is 6.52. The van der Waals surface area contributed by atoms with Gasteiger partial charge in [0, 0.05) is 28.3 Å². The Balaban J connectivity index is 1.98. The highest BCUT2D eigenvalue weighted by Gasteiger charge is 2.28. The number of benzene rings is 1. The Morgan fingerprint density at radius 3 is 2.89 bits per heavy atom. The SMILES string of the molecule is NC(c1ccccc1Br)C1CCCc2cccnc21. The predicted molar refractivity (Wildman–Crippen MR) is 81.0 cm³/mol. The second-order valence-corrected chi connectivity index (χ2v) is 5.95. The number of nitrogens with zero attached hydrogens (tertiary/aromatic N) is 1. The molecule has 2 atom stereocenters. The Morgan fingerprint density at radius 1 is 1.21 bits per heavy atom. The molecule has 1 aromatic heterocycles. The number of hydrogen-bond acceptors (Lipinski definition) is 2. The number of halogens is 1. The molecule has 0 amide bonds. The Bertz CT molecular complexity index is 582. The van der Waals surface area contributed by atoms with Gasteiger partial charge >= 0.3 is 0 Å². The summed E-state index contributed by atoms with van der Waals surface area (Å²) in [5.41, 5.74) is 10.2. The van der Waals surface area contributed by atoms with Crippen molar-refractivity contribution in [3.63, 3.8) is 0 Å². The zero-order valence-electron chi connectivity index (χ0n) is 10.7. The molecule has 0 bridgehead atoms. The molecule has 2 unspecified atom stereocenters. The van der Waals surface area contributed by atoms with E-state index in [0.29, 0.717) is 5.92 Å². The van der Waals surface area contributed by atoms with E-state index in [9.17, 15) is 0 Å². The molecule has 19 heavy (non-hydrogen) atoms. The first-order valence-electron chi connectivity index (χ1n) is 6.71. The molecule has 2 aromatic rings. The maximum Gasteiger partial charge on any atom is 0.0485 e. The summed E-state index contributed by atoms with van der Waals surface area (Å²) >= 11 is 3.60. The third kappa shape index (κ3) is 2.45. The first kappa shape index (κ1) is 12.8. The number of nitrogens with two attached hydrogens (primary N) is 1. The van der Waals surface area contributed by atoms with Crippen LogP contribution in [0.4, 0.5) is 0 Å². The minimum Gasteiger partial charge on any atom is -0.323 e. The third-order valence-corrected chi connectivity index (χ3v) is 4.66. The molecule has 0 saturated carbocycles. The fourth-order valence-corrected chi connectivity index (χ4v) is 3.51. The number of pyridine rings is 1. The van der Waals surface area contributed by atoms with Crippen molar-refractivity contribution in [3.8, 4) is 0 Å². The van der Waals surface area contributed by atoms with Crippen molar-refractivity contribution in [2.75, 3.05) is 0 Å². The summed E-state index contributed by atoms with van der Waals surface area (Å²) < 4.78 is 1.09. The number of hydrogen-bond donors (Lipinski definition) is 1. The van der Waals surface area contributed by atoms with Crippen LogP contribution in [-0.2, 0) is 6.42 Å². The van der Waals surface area contributed by atoms with Crippen molar-refractivity contribution in [1.82, 2.24) is 4.98 Å². The van der Waals surface area contributed by atoms with Gasteiger partial charge in [0.05, 0.1) is 0 Å². The topological polar surface area (TPSA) is 38.9 Å². The van der Waals surface area contributed by atoms with Crippen molar-refractivity contribution in [2.45, 2.75) is 31.2 Å². The van der Waals surface area contributed by atoms with Gasteiger partial charge in [-0.15, -0.1) is 0 Å². The maximum absolute atomic E-state index is 6.52. The Labute approximate surface area is 122 Å². The highest BCUT2D eigenvalue weighted by atomic mass is 79.9. The smallest absolute Gasteiger partial charge is 0.0485 e. The van der Waals surface area contributed by atoms with Crippen molar-refractivity contribution < 1.29 is 0 Å². The third-order valence-electron chi connectivity index (χ3n) is 3.94. The van der Waals surface area contributed by atoms with E-state index in [-0.39, 0.29) is 6.04 Å². The standard InChI is InChI=1S/C16H17BrN2/c17-14-9-2-1-7-12(14)15(18)13-8-3-5-11-6-4-10-19-16(11)13/h1-2,4,6-7,9-10,13,15H,3,5,8,18H2. The van der Waals surface area contributed by atoms with E-state index >= 15 is 0 Å². The van der Waals surface area contributed by atoms with Crippen LogP contribution < -0.4 is 5.73 Å². The van der Waals surface area contributed by atoms with Gasteiger partial charge in [0.2, 0.25) is 0 Å². The molecule has 0 fully saturated rings. The molecule has 1 heterocycles. The van der Waals surface area contributed by atoms with E-state index in [1.807, 2.05) is 24.4 Å². The van der Waals surface area contributed by atoms with Gasteiger partial charge < -0.3 is 5.73 Å². The summed E-state index contributed by atoms with van der Waals surface area (Å²) in [6.45, 7) is 0. The summed E-state index contributed by atoms with van der Waals surface area (Å²) in [6.07, 6.45) is 5.32. The summed E-state index contributed by atoms with van der Waals surface area (Å²) in [5, 5.41) is 0. The first-order chi connectivity index (χ1) is 9.27. The molecule has 0 saturated heterocycles.